The van der Waals surface area contributed by atoms with Crippen molar-refractivity contribution in [3.8, 4) is 5.75 Å². The predicted octanol–water partition coefficient (Wildman–Crippen LogP) is 4.82. The van der Waals surface area contributed by atoms with Crippen LogP contribution in [0.4, 0.5) is 23.2 Å². The van der Waals surface area contributed by atoms with Crippen molar-refractivity contribution < 1.29 is 30.7 Å². The number of anilines is 1. The van der Waals surface area contributed by atoms with E-state index >= 15 is 0 Å². The largest absolute Gasteiger partial charge is 0.493 e. The molecule has 0 aromatic heterocycles. The molecule has 1 aliphatic rings. The van der Waals surface area contributed by atoms with Crippen LogP contribution in [0.15, 0.2) is 41.3 Å². The smallest absolute Gasteiger partial charge is 0.419 e. The van der Waals surface area contributed by atoms with Gasteiger partial charge in [-0.15, -0.1) is 0 Å². The van der Waals surface area contributed by atoms with E-state index in [1.54, 1.807) is 11.0 Å². The average Bonchev–Trinajstić information content (AvgIpc) is 2.70. The fraction of sp³-hybridized carbons (Fsp3) is 0.478. The molecule has 10 heteroatoms. The lowest BCUT2D eigenvalue weighted by Crippen LogP contribution is -2.46. The van der Waals surface area contributed by atoms with Gasteiger partial charge in [0.1, 0.15) is 11.6 Å². The number of nitrogens with zero attached hydrogens (tertiary/aromatic N) is 1. The molecule has 0 bridgehead atoms. The second kappa shape index (κ2) is 9.13. The van der Waals surface area contributed by atoms with E-state index in [0.717, 1.165) is 18.4 Å². The van der Waals surface area contributed by atoms with Crippen molar-refractivity contribution in [2.75, 3.05) is 37.4 Å². The Morgan fingerprint density at radius 2 is 1.82 bits per heavy atom. The number of hydrogen-bond donors (Lipinski definition) is 1. The van der Waals surface area contributed by atoms with Gasteiger partial charge in [0.15, 0.2) is 9.84 Å². The zero-order chi connectivity index (χ0) is 24.6. The number of piperazine rings is 1. The summed E-state index contributed by atoms with van der Waals surface area (Å²) in [7, 11) is -3.51. The summed E-state index contributed by atoms with van der Waals surface area (Å²) in [5.41, 5.74) is -0.646. The summed E-state index contributed by atoms with van der Waals surface area (Å²) >= 11 is 0. The number of nitrogens with one attached hydrogen (secondary N) is 1. The molecule has 1 fully saturated rings. The molecule has 1 aliphatic heterocycles. The van der Waals surface area contributed by atoms with Gasteiger partial charge >= 0.3 is 6.18 Å². The molecule has 1 saturated heterocycles. The number of alkyl halides is 3. The summed E-state index contributed by atoms with van der Waals surface area (Å²) in [6, 6.07) is 6.95. The summed E-state index contributed by atoms with van der Waals surface area (Å²) in [4.78, 5) is 1.87. The Balaban J connectivity index is 2.07. The quantitative estimate of drug-likeness (QED) is 0.612. The third-order valence-electron chi connectivity index (χ3n) is 5.26. The summed E-state index contributed by atoms with van der Waals surface area (Å²) in [5, 5.41) is 3.22. The number of sulfone groups is 1. The Morgan fingerprint density at radius 3 is 2.39 bits per heavy atom. The SMILES string of the molecule is CC(C)(C)COc1ccc(S(C)(=O)=O)cc1C1CNCCN1c1ccc(C(F)(F)F)c(F)c1. The molecule has 2 aromatic rings. The highest BCUT2D eigenvalue weighted by atomic mass is 32.2. The van der Waals surface area contributed by atoms with Crippen LogP contribution < -0.4 is 15.0 Å². The van der Waals surface area contributed by atoms with Crippen molar-refractivity contribution in [2.45, 2.75) is 37.9 Å². The first-order valence-electron chi connectivity index (χ1n) is 10.5. The zero-order valence-corrected chi connectivity index (χ0v) is 19.8. The zero-order valence-electron chi connectivity index (χ0n) is 19.0. The van der Waals surface area contributed by atoms with Gasteiger partial charge in [0, 0.05) is 37.1 Å². The van der Waals surface area contributed by atoms with Crippen LogP contribution in [0.5, 0.6) is 5.75 Å². The van der Waals surface area contributed by atoms with Crippen LogP contribution in [0.2, 0.25) is 0 Å². The fourth-order valence-corrected chi connectivity index (χ4v) is 4.30. The Hall–Kier alpha value is -2.33. The van der Waals surface area contributed by atoms with E-state index < -0.39 is 33.4 Å². The molecular formula is C23H28F4N2O3S. The van der Waals surface area contributed by atoms with Crippen LogP contribution in [-0.4, -0.2) is 40.9 Å². The van der Waals surface area contributed by atoms with Gasteiger partial charge in [0.05, 0.1) is 23.1 Å². The average molecular weight is 489 g/mol. The van der Waals surface area contributed by atoms with E-state index in [-0.39, 0.29) is 16.0 Å². The number of hydrogen-bond acceptors (Lipinski definition) is 5. The normalized spacial score (nSPS) is 17.8. The second-order valence-corrected chi connectivity index (χ2v) is 11.4. The number of ether oxygens (including phenoxy) is 1. The van der Waals surface area contributed by atoms with Crippen molar-refractivity contribution in [1.29, 1.82) is 0 Å². The summed E-state index contributed by atoms with van der Waals surface area (Å²) in [6.07, 6.45) is -3.69. The van der Waals surface area contributed by atoms with Crippen molar-refractivity contribution in [3.05, 3.63) is 53.3 Å². The van der Waals surface area contributed by atoms with Gasteiger partial charge in [-0.05, 0) is 41.8 Å². The Kier molecular flexibility index (Phi) is 7.00. The standard InChI is InChI=1S/C23H28F4N2O3S/c1-22(2,3)14-32-21-8-6-16(33(4,30)31)12-17(21)20-13-28-9-10-29(20)15-5-7-18(19(24)11-15)23(25,26)27/h5-8,11-12,20,28H,9-10,13-14H2,1-4H3. The number of rotatable bonds is 5. The molecule has 3 rings (SSSR count). The van der Waals surface area contributed by atoms with E-state index in [9.17, 15) is 26.0 Å². The lowest BCUT2D eigenvalue weighted by atomic mass is 9.98. The van der Waals surface area contributed by atoms with Crippen LogP contribution >= 0.6 is 0 Å². The van der Waals surface area contributed by atoms with Crippen molar-refractivity contribution in [1.82, 2.24) is 5.32 Å². The van der Waals surface area contributed by atoms with Gasteiger partial charge in [-0.25, -0.2) is 12.8 Å². The highest BCUT2D eigenvalue weighted by Crippen LogP contribution is 2.38. The fourth-order valence-electron chi connectivity index (χ4n) is 3.65. The van der Waals surface area contributed by atoms with E-state index in [1.165, 1.54) is 18.2 Å². The molecule has 1 N–H and O–H groups in total. The molecule has 1 unspecified atom stereocenters. The highest BCUT2D eigenvalue weighted by molar-refractivity contribution is 7.90. The van der Waals surface area contributed by atoms with Crippen molar-refractivity contribution >= 4 is 15.5 Å². The van der Waals surface area contributed by atoms with Gasteiger partial charge in [-0.1, -0.05) is 20.8 Å². The van der Waals surface area contributed by atoms with Crippen LogP contribution in [-0.2, 0) is 16.0 Å². The minimum Gasteiger partial charge on any atom is -0.493 e. The molecule has 2 aromatic carbocycles. The van der Waals surface area contributed by atoms with E-state index in [4.69, 9.17) is 4.74 Å². The molecule has 0 aliphatic carbocycles. The summed E-state index contributed by atoms with van der Waals surface area (Å²) < 4.78 is 83.8. The van der Waals surface area contributed by atoms with Crippen LogP contribution in [0, 0.1) is 11.2 Å². The molecule has 5 nitrogen and oxygen atoms in total. The molecule has 1 atom stereocenters. The third kappa shape index (κ3) is 6.17. The third-order valence-corrected chi connectivity index (χ3v) is 6.37. The molecule has 182 valence electrons. The topological polar surface area (TPSA) is 58.6 Å². The Bertz CT molecular complexity index is 1110. The van der Waals surface area contributed by atoms with E-state index in [0.29, 0.717) is 37.6 Å². The summed E-state index contributed by atoms with van der Waals surface area (Å²) in [5.74, 6) is -0.880. The van der Waals surface area contributed by atoms with Crippen LogP contribution in [0.25, 0.3) is 0 Å². The second-order valence-electron chi connectivity index (χ2n) is 9.40. The predicted molar refractivity (Wildman–Crippen MR) is 119 cm³/mol. The Labute approximate surface area is 191 Å². The monoisotopic (exact) mass is 488 g/mol. The first-order chi connectivity index (χ1) is 15.2. The molecule has 0 spiro atoms. The molecule has 0 amide bonds. The minimum absolute atomic E-state index is 0.102. The van der Waals surface area contributed by atoms with Crippen LogP contribution in [0.3, 0.4) is 0 Å². The maximum atomic E-state index is 14.3. The van der Waals surface area contributed by atoms with Gasteiger partial charge in [0.25, 0.3) is 0 Å². The lowest BCUT2D eigenvalue weighted by Gasteiger charge is -2.39. The molecular weight excluding hydrogens is 460 g/mol. The highest BCUT2D eigenvalue weighted by Gasteiger charge is 2.35. The Morgan fingerprint density at radius 1 is 1.12 bits per heavy atom. The lowest BCUT2D eigenvalue weighted by molar-refractivity contribution is -0.139. The van der Waals surface area contributed by atoms with Crippen molar-refractivity contribution in [2.24, 2.45) is 5.41 Å². The number of benzene rings is 2. The molecule has 33 heavy (non-hydrogen) atoms. The van der Waals surface area contributed by atoms with Gasteiger partial charge in [-0.2, -0.15) is 13.2 Å². The minimum atomic E-state index is -4.79. The number of halogens is 4. The molecule has 1 heterocycles. The maximum absolute atomic E-state index is 14.3. The van der Waals surface area contributed by atoms with Gasteiger partial charge < -0.3 is 15.0 Å². The molecule has 0 radical (unpaired) electrons. The van der Waals surface area contributed by atoms with Gasteiger partial charge in [0.2, 0.25) is 0 Å². The van der Waals surface area contributed by atoms with E-state index in [2.05, 4.69) is 5.32 Å². The molecule has 0 saturated carbocycles. The van der Waals surface area contributed by atoms with Crippen molar-refractivity contribution in [3.63, 3.8) is 0 Å². The van der Waals surface area contributed by atoms with E-state index in [1.807, 2.05) is 20.8 Å². The first-order valence-corrected chi connectivity index (χ1v) is 12.4. The summed E-state index contributed by atoms with van der Waals surface area (Å²) in [6.45, 7) is 7.65. The van der Waals surface area contributed by atoms with Crippen LogP contribution in [0.1, 0.15) is 37.9 Å². The van der Waals surface area contributed by atoms with Gasteiger partial charge in [-0.3, -0.25) is 0 Å². The first kappa shape index (κ1) is 25.3. The maximum Gasteiger partial charge on any atom is 0.419 e.